The lowest BCUT2D eigenvalue weighted by molar-refractivity contribution is -0.386. The highest BCUT2D eigenvalue weighted by atomic mass is 16.6. The molecule has 0 aliphatic carbocycles. The summed E-state index contributed by atoms with van der Waals surface area (Å²) in [5.41, 5.74) is -0.290. The average Bonchev–Trinajstić information content (AvgIpc) is 2.96. The summed E-state index contributed by atoms with van der Waals surface area (Å²) in [7, 11) is 1.26. The van der Waals surface area contributed by atoms with Crippen molar-refractivity contribution in [3.05, 3.63) is 34.4 Å². The van der Waals surface area contributed by atoms with Crippen LogP contribution in [0.3, 0.4) is 0 Å². The summed E-state index contributed by atoms with van der Waals surface area (Å²) >= 11 is 0. The summed E-state index contributed by atoms with van der Waals surface area (Å²) in [6, 6.07) is 0. The molecule has 10 nitrogen and oxygen atoms in total. The van der Waals surface area contributed by atoms with Gasteiger partial charge in [-0.2, -0.15) is 10.1 Å². The normalized spacial score (nSPS) is 10.2. The standard InChI is InChI=1S/C11H11N5O5/c1-3-21-11(17)7-4-14-15(5-7)9-8(16(18)19)10(20-2)13-6-12-9/h4-6H,3H2,1-2H3. The lowest BCUT2D eigenvalue weighted by Crippen LogP contribution is -2.07. The van der Waals surface area contributed by atoms with Crippen LogP contribution in [0.2, 0.25) is 0 Å². The zero-order valence-electron chi connectivity index (χ0n) is 11.2. The van der Waals surface area contributed by atoms with Gasteiger partial charge in [-0.3, -0.25) is 10.1 Å². The predicted molar refractivity (Wildman–Crippen MR) is 68.3 cm³/mol. The Morgan fingerprint density at radius 3 is 2.86 bits per heavy atom. The summed E-state index contributed by atoms with van der Waals surface area (Å²) < 4.78 is 10.7. The molecule has 0 unspecified atom stereocenters. The first-order valence-corrected chi connectivity index (χ1v) is 5.84. The Morgan fingerprint density at radius 2 is 2.24 bits per heavy atom. The molecule has 0 N–H and O–H groups in total. The molecule has 0 aromatic carbocycles. The Morgan fingerprint density at radius 1 is 1.48 bits per heavy atom. The van der Waals surface area contributed by atoms with Gasteiger partial charge in [-0.1, -0.05) is 0 Å². The van der Waals surface area contributed by atoms with Gasteiger partial charge in [0.15, 0.2) is 0 Å². The topological polar surface area (TPSA) is 122 Å². The second-order valence-electron chi connectivity index (χ2n) is 3.71. The maximum absolute atomic E-state index is 11.6. The van der Waals surface area contributed by atoms with E-state index in [1.54, 1.807) is 6.92 Å². The Hall–Kier alpha value is -3.04. The van der Waals surface area contributed by atoms with Crippen LogP contribution in [0.25, 0.3) is 5.82 Å². The number of hydrogen-bond donors (Lipinski definition) is 0. The fourth-order valence-corrected chi connectivity index (χ4v) is 1.59. The molecule has 0 atom stereocenters. The number of methoxy groups -OCH3 is 1. The predicted octanol–water partition coefficient (Wildman–Crippen LogP) is 0.756. The average molecular weight is 293 g/mol. The Labute approximate surface area is 118 Å². The number of rotatable bonds is 5. The molecule has 2 heterocycles. The van der Waals surface area contributed by atoms with Gasteiger partial charge in [0.25, 0.3) is 5.88 Å². The minimum atomic E-state index is -0.681. The molecular weight excluding hydrogens is 282 g/mol. The molecule has 2 aromatic heterocycles. The molecule has 10 heteroatoms. The maximum Gasteiger partial charge on any atom is 0.375 e. The van der Waals surface area contributed by atoms with Crippen molar-refractivity contribution in [2.24, 2.45) is 0 Å². The summed E-state index contributed by atoms with van der Waals surface area (Å²) in [5, 5.41) is 15.0. The molecule has 0 fully saturated rings. The molecule has 110 valence electrons. The molecule has 2 aromatic rings. The van der Waals surface area contributed by atoms with Crippen LogP contribution in [0, 0.1) is 10.1 Å². The van der Waals surface area contributed by atoms with Crippen LogP contribution in [-0.4, -0.2) is 44.4 Å². The number of esters is 1. The van der Waals surface area contributed by atoms with E-state index in [1.165, 1.54) is 19.5 Å². The molecule has 21 heavy (non-hydrogen) atoms. The van der Waals surface area contributed by atoms with E-state index in [0.29, 0.717) is 0 Å². The van der Waals surface area contributed by atoms with E-state index in [2.05, 4.69) is 15.1 Å². The van der Waals surface area contributed by atoms with Crippen LogP contribution in [0.5, 0.6) is 5.88 Å². The third-order valence-corrected chi connectivity index (χ3v) is 2.46. The van der Waals surface area contributed by atoms with Gasteiger partial charge in [-0.15, -0.1) is 0 Å². The highest BCUT2D eigenvalue weighted by Gasteiger charge is 2.26. The number of nitro groups is 1. The SMILES string of the molecule is CCOC(=O)c1cnn(-c2ncnc(OC)c2[N+](=O)[O-])c1. The zero-order chi connectivity index (χ0) is 15.4. The van der Waals surface area contributed by atoms with Gasteiger partial charge in [0.1, 0.15) is 6.33 Å². The largest absolute Gasteiger partial charge is 0.476 e. The van der Waals surface area contributed by atoms with E-state index in [9.17, 15) is 14.9 Å². The number of hydrogen-bond acceptors (Lipinski definition) is 8. The summed E-state index contributed by atoms with van der Waals surface area (Å²) in [5.74, 6) is -0.881. The van der Waals surface area contributed by atoms with E-state index in [-0.39, 0.29) is 23.9 Å². The van der Waals surface area contributed by atoms with Crippen LogP contribution < -0.4 is 4.74 Å². The molecule has 2 rings (SSSR count). The first kappa shape index (κ1) is 14.4. The molecular formula is C11H11N5O5. The van der Waals surface area contributed by atoms with E-state index < -0.39 is 16.6 Å². The fourth-order valence-electron chi connectivity index (χ4n) is 1.59. The van der Waals surface area contributed by atoms with Crippen molar-refractivity contribution in [1.29, 1.82) is 0 Å². The minimum Gasteiger partial charge on any atom is -0.476 e. The molecule has 0 radical (unpaired) electrons. The van der Waals surface area contributed by atoms with E-state index in [4.69, 9.17) is 9.47 Å². The summed E-state index contributed by atoms with van der Waals surface area (Å²) in [6.07, 6.45) is 3.62. The van der Waals surface area contributed by atoms with Crippen molar-refractivity contribution < 1.29 is 19.2 Å². The summed E-state index contributed by atoms with van der Waals surface area (Å²) in [4.78, 5) is 29.5. The van der Waals surface area contributed by atoms with E-state index >= 15 is 0 Å². The highest BCUT2D eigenvalue weighted by molar-refractivity contribution is 5.88. The number of nitrogens with zero attached hydrogens (tertiary/aromatic N) is 5. The number of ether oxygens (including phenoxy) is 2. The van der Waals surface area contributed by atoms with E-state index in [1.807, 2.05) is 0 Å². The Balaban J connectivity index is 2.48. The third-order valence-electron chi connectivity index (χ3n) is 2.46. The van der Waals surface area contributed by atoms with Crippen molar-refractivity contribution in [1.82, 2.24) is 19.7 Å². The van der Waals surface area contributed by atoms with Crippen LogP contribution in [-0.2, 0) is 4.74 Å². The van der Waals surface area contributed by atoms with Gasteiger partial charge in [0.05, 0.1) is 30.4 Å². The molecule has 0 amide bonds. The number of carbonyl (C=O) groups excluding carboxylic acids is 1. The maximum atomic E-state index is 11.6. The van der Waals surface area contributed by atoms with Gasteiger partial charge in [0, 0.05) is 6.20 Å². The minimum absolute atomic E-state index is 0.109. The summed E-state index contributed by atoms with van der Waals surface area (Å²) in [6.45, 7) is 1.88. The molecule has 0 spiro atoms. The van der Waals surface area contributed by atoms with Gasteiger partial charge < -0.3 is 9.47 Å². The lowest BCUT2D eigenvalue weighted by Gasteiger charge is -2.04. The first-order chi connectivity index (χ1) is 10.1. The van der Waals surface area contributed by atoms with E-state index in [0.717, 1.165) is 11.0 Å². The van der Waals surface area contributed by atoms with Crippen molar-refractivity contribution >= 4 is 11.7 Å². The first-order valence-electron chi connectivity index (χ1n) is 5.84. The van der Waals surface area contributed by atoms with Gasteiger partial charge in [-0.05, 0) is 6.92 Å². The smallest absolute Gasteiger partial charge is 0.375 e. The molecule has 0 saturated heterocycles. The quantitative estimate of drug-likeness (QED) is 0.449. The van der Waals surface area contributed by atoms with Crippen molar-refractivity contribution in [2.45, 2.75) is 6.92 Å². The highest BCUT2D eigenvalue weighted by Crippen LogP contribution is 2.28. The number of aromatic nitrogens is 4. The van der Waals surface area contributed by atoms with Crippen LogP contribution >= 0.6 is 0 Å². The fraction of sp³-hybridized carbons (Fsp3) is 0.273. The third kappa shape index (κ3) is 2.78. The number of carbonyl (C=O) groups is 1. The van der Waals surface area contributed by atoms with Crippen molar-refractivity contribution in [3.8, 4) is 11.7 Å². The van der Waals surface area contributed by atoms with Crippen molar-refractivity contribution in [3.63, 3.8) is 0 Å². The van der Waals surface area contributed by atoms with Gasteiger partial charge in [0.2, 0.25) is 5.82 Å². The lowest BCUT2D eigenvalue weighted by atomic mass is 10.4. The van der Waals surface area contributed by atoms with Crippen LogP contribution in [0.1, 0.15) is 17.3 Å². The monoisotopic (exact) mass is 293 g/mol. The van der Waals surface area contributed by atoms with Crippen molar-refractivity contribution in [2.75, 3.05) is 13.7 Å². The second-order valence-corrected chi connectivity index (χ2v) is 3.71. The molecule has 0 bridgehead atoms. The van der Waals surface area contributed by atoms with Gasteiger partial charge in [-0.25, -0.2) is 14.5 Å². The molecule has 0 saturated carbocycles. The Bertz CT molecular complexity index is 683. The second kappa shape index (κ2) is 5.94. The Kier molecular flexibility index (Phi) is 4.07. The van der Waals surface area contributed by atoms with Crippen LogP contribution in [0.4, 0.5) is 5.69 Å². The van der Waals surface area contributed by atoms with Gasteiger partial charge >= 0.3 is 11.7 Å². The molecule has 0 aliphatic heterocycles. The molecule has 0 aliphatic rings. The van der Waals surface area contributed by atoms with Crippen LogP contribution in [0.15, 0.2) is 18.7 Å². The zero-order valence-corrected chi connectivity index (χ0v) is 11.2.